The van der Waals surface area contributed by atoms with E-state index in [4.69, 9.17) is 9.47 Å². The summed E-state index contributed by atoms with van der Waals surface area (Å²) < 4.78 is 19.1. The van der Waals surface area contributed by atoms with Gasteiger partial charge in [0.05, 0.1) is 13.2 Å². The van der Waals surface area contributed by atoms with Crippen LogP contribution in [0.25, 0.3) is 0 Å². The van der Waals surface area contributed by atoms with Gasteiger partial charge in [0.25, 0.3) is 0 Å². The van der Waals surface area contributed by atoms with E-state index in [1.54, 1.807) is 0 Å². The summed E-state index contributed by atoms with van der Waals surface area (Å²) >= 11 is 0. The van der Waals surface area contributed by atoms with Gasteiger partial charge in [-0.05, 0) is 0 Å². The molecule has 0 aliphatic carbocycles. The van der Waals surface area contributed by atoms with E-state index in [1.807, 2.05) is 12.2 Å². The summed E-state index contributed by atoms with van der Waals surface area (Å²) in [5.41, 5.74) is 0. The minimum Gasteiger partial charge on any atom is -0.488 e. The smallest absolute Gasteiger partial charge is 0.147 e. The summed E-state index contributed by atoms with van der Waals surface area (Å²) in [6.45, 7) is 6.86. The van der Waals surface area contributed by atoms with Crippen molar-refractivity contribution in [2.45, 2.75) is 0 Å². The number of rotatable bonds is 10. The van der Waals surface area contributed by atoms with Crippen molar-refractivity contribution >= 4 is 11.9 Å². The second kappa shape index (κ2) is 18.5. The topological polar surface area (TPSA) is 71.1 Å². The summed E-state index contributed by atoms with van der Waals surface area (Å²) in [4.78, 5) is 21.1. The monoisotopic (exact) mass is 420 g/mol. The van der Waals surface area contributed by atoms with Crippen molar-refractivity contribution < 1.29 is 94.0 Å². The Kier molecular flexibility index (Phi) is 24.0. The maximum Gasteiger partial charge on any atom is 0.147 e. The summed E-state index contributed by atoms with van der Waals surface area (Å²) in [5, 5.41) is 0. The van der Waals surface area contributed by atoms with Gasteiger partial charge in [-0.15, -0.1) is 0 Å². The molecular formula is C11H14O6Y2-2. The van der Waals surface area contributed by atoms with Crippen molar-refractivity contribution in [3.05, 3.63) is 25.3 Å². The molecule has 0 aromatic carbocycles. The van der Waals surface area contributed by atoms with Crippen LogP contribution in [-0.2, 0) is 94.0 Å². The third-order valence-corrected chi connectivity index (χ3v) is 1.38. The molecule has 0 aliphatic rings. The molecule has 102 valence electrons. The predicted octanol–water partition coefficient (Wildman–Crippen LogP) is 0.0369. The first-order valence-corrected chi connectivity index (χ1v) is 4.76. The van der Waals surface area contributed by atoms with Crippen LogP contribution in [0.5, 0.6) is 0 Å². The number of hydrogen-bond acceptors (Lipinski definition) is 6. The Morgan fingerprint density at radius 1 is 0.789 bits per heavy atom. The Balaban J connectivity index is -0.00000128. The van der Waals surface area contributed by atoms with Crippen LogP contribution >= 0.6 is 0 Å². The van der Waals surface area contributed by atoms with Crippen molar-refractivity contribution in [3.63, 3.8) is 0 Å². The number of carbonyl (C=O) groups excluding carboxylic acids is 2. The van der Waals surface area contributed by atoms with E-state index in [1.165, 1.54) is 0 Å². The Bertz CT molecular complexity index is 244. The van der Waals surface area contributed by atoms with Crippen LogP contribution < -0.4 is 0 Å². The fraction of sp³-hybridized carbons (Fsp3) is 0.455. The van der Waals surface area contributed by atoms with Gasteiger partial charge in [0.1, 0.15) is 31.9 Å². The Morgan fingerprint density at radius 3 is 1.47 bits per heavy atom. The van der Waals surface area contributed by atoms with Crippen molar-refractivity contribution in [2.24, 2.45) is 0 Å². The van der Waals surface area contributed by atoms with Crippen LogP contribution in [0, 0.1) is 12.2 Å². The minimum atomic E-state index is -0.623. The molecule has 8 heteroatoms. The predicted molar refractivity (Wildman–Crippen MR) is 56.4 cm³/mol. The van der Waals surface area contributed by atoms with Crippen molar-refractivity contribution in [3.8, 4) is 0 Å². The fourth-order valence-electron chi connectivity index (χ4n) is 0.665. The largest absolute Gasteiger partial charge is 0.488 e. The zero-order valence-electron chi connectivity index (χ0n) is 10.6. The van der Waals surface area contributed by atoms with Gasteiger partial charge in [0.2, 0.25) is 0 Å². The van der Waals surface area contributed by atoms with E-state index in [2.05, 4.69) is 22.6 Å². The Labute approximate surface area is 163 Å². The zero-order chi connectivity index (χ0) is 12.9. The van der Waals surface area contributed by atoms with Gasteiger partial charge in [0.15, 0.2) is 0 Å². The molecule has 6 nitrogen and oxygen atoms in total. The van der Waals surface area contributed by atoms with Gasteiger partial charge in [0, 0.05) is 65.4 Å². The van der Waals surface area contributed by atoms with Crippen molar-refractivity contribution in [2.75, 3.05) is 33.2 Å². The molecule has 0 N–H and O–H groups in total. The number of esters is 2. The normalized spacial score (nSPS) is 8.42. The molecule has 0 aromatic heterocycles. The first-order chi connectivity index (χ1) is 8.20. The Hall–Kier alpha value is 0.548. The molecule has 19 heavy (non-hydrogen) atoms. The zero-order valence-corrected chi connectivity index (χ0v) is 16.2. The van der Waals surface area contributed by atoms with Crippen LogP contribution in [0.15, 0.2) is 13.2 Å². The van der Waals surface area contributed by atoms with Gasteiger partial charge in [-0.3, -0.25) is 22.7 Å². The van der Waals surface area contributed by atoms with E-state index in [9.17, 15) is 9.59 Å². The second-order valence-electron chi connectivity index (χ2n) is 2.56. The molecule has 0 atom stereocenters. The van der Waals surface area contributed by atoms with Gasteiger partial charge >= 0.3 is 0 Å². The van der Waals surface area contributed by atoms with Crippen LogP contribution in [0.3, 0.4) is 0 Å². The summed E-state index contributed by atoms with van der Waals surface area (Å²) in [7, 11) is 0. The maximum absolute atomic E-state index is 10.5. The molecule has 0 saturated heterocycles. The third-order valence-electron chi connectivity index (χ3n) is 1.38. The molecule has 0 aliphatic heterocycles. The van der Waals surface area contributed by atoms with E-state index >= 15 is 0 Å². The van der Waals surface area contributed by atoms with Crippen LogP contribution in [0.4, 0.5) is 0 Å². The standard InChI is InChI=1S/C11H14O6.2Y/c1-3-10(12)16-7-5-14-9-15-6-8-17-11(13)4-2;;/h1-2,5-9H2;;/q-2;;. The molecule has 0 aromatic rings. The number of ether oxygens (including phenoxy) is 4. The molecule has 2 radical (unpaired) electrons. The molecule has 0 saturated carbocycles. The number of carbonyl (C=O) groups is 2. The van der Waals surface area contributed by atoms with E-state index < -0.39 is 11.9 Å². The van der Waals surface area contributed by atoms with Crippen LogP contribution in [0.2, 0.25) is 0 Å². The molecule has 0 spiro atoms. The molecule has 0 amide bonds. The SMILES string of the molecule is C=[C-]C(=O)OCCOCOCCOC(=O)[C-]=C.[Y].[Y]. The van der Waals surface area contributed by atoms with Gasteiger partial charge in [-0.1, -0.05) is 0 Å². The van der Waals surface area contributed by atoms with Gasteiger partial charge < -0.3 is 31.1 Å². The minimum absolute atomic E-state index is 0. The number of hydrogen-bond donors (Lipinski definition) is 0. The molecule has 0 rings (SSSR count). The van der Waals surface area contributed by atoms with E-state index in [0.717, 1.165) is 0 Å². The Morgan fingerprint density at radius 2 is 1.16 bits per heavy atom. The molecular weight excluding hydrogens is 406 g/mol. The molecule has 0 unspecified atom stereocenters. The molecule has 0 heterocycles. The van der Waals surface area contributed by atoms with Crippen LogP contribution in [-0.4, -0.2) is 45.2 Å². The first-order valence-electron chi connectivity index (χ1n) is 4.76. The third kappa shape index (κ3) is 18.5. The summed E-state index contributed by atoms with van der Waals surface area (Å²) in [6.07, 6.45) is 4.08. The second-order valence-corrected chi connectivity index (χ2v) is 2.56. The van der Waals surface area contributed by atoms with Crippen molar-refractivity contribution in [1.29, 1.82) is 0 Å². The van der Waals surface area contributed by atoms with Crippen LogP contribution in [0.1, 0.15) is 0 Å². The quantitative estimate of drug-likeness (QED) is 0.164. The van der Waals surface area contributed by atoms with Gasteiger partial charge in [-0.2, -0.15) is 0 Å². The summed E-state index contributed by atoms with van der Waals surface area (Å²) in [6, 6.07) is 0. The first kappa shape index (κ1) is 24.6. The van der Waals surface area contributed by atoms with E-state index in [-0.39, 0.29) is 98.6 Å². The van der Waals surface area contributed by atoms with E-state index in [0.29, 0.717) is 0 Å². The van der Waals surface area contributed by atoms with Gasteiger partial charge in [-0.25, -0.2) is 0 Å². The average Bonchev–Trinajstić information content (AvgIpc) is 2.35. The molecule has 0 bridgehead atoms. The van der Waals surface area contributed by atoms with Crippen molar-refractivity contribution in [1.82, 2.24) is 0 Å². The fourth-order valence-corrected chi connectivity index (χ4v) is 0.665. The average molecular weight is 420 g/mol. The maximum atomic E-state index is 10.5. The summed E-state index contributed by atoms with van der Waals surface area (Å²) in [5.74, 6) is -1.25. The molecule has 0 fully saturated rings.